The summed E-state index contributed by atoms with van der Waals surface area (Å²) >= 11 is 0.307. The van der Waals surface area contributed by atoms with Crippen LogP contribution in [0.4, 0.5) is 11.4 Å². The van der Waals surface area contributed by atoms with E-state index in [0.717, 1.165) is 5.75 Å². The van der Waals surface area contributed by atoms with Crippen molar-refractivity contribution >= 4 is 11.4 Å². The topological polar surface area (TPSA) is 61.3 Å². The Kier molecular flexibility index (Phi) is 2.00. The van der Waals surface area contributed by atoms with Gasteiger partial charge in [-0.25, -0.2) is 0 Å². The molecule has 1 unspecified atom stereocenters. The fourth-order valence-electron chi connectivity index (χ4n) is 0.890. The number of nitrogens with two attached hydrogens (primary N) is 2. The molecule has 1 aliphatic heterocycles. The van der Waals surface area contributed by atoms with Crippen molar-refractivity contribution in [2.24, 2.45) is 0 Å². The molecule has 2 rings (SSSR count). The Hall–Kier alpha value is -0.650. The van der Waals surface area contributed by atoms with Gasteiger partial charge >= 0.3 is 81.3 Å². The molecule has 12 heavy (non-hydrogen) atoms. The van der Waals surface area contributed by atoms with E-state index in [4.69, 9.17) is 16.2 Å². The van der Waals surface area contributed by atoms with Gasteiger partial charge in [-0.05, 0) is 0 Å². The van der Waals surface area contributed by atoms with Crippen LogP contribution < -0.4 is 37.4 Å². The molecule has 0 aliphatic carbocycles. The van der Waals surface area contributed by atoms with Gasteiger partial charge in [-0.15, -0.1) is 0 Å². The molecule has 0 aromatic heterocycles. The minimum absolute atomic E-state index is 0.307. The first-order chi connectivity index (χ1) is 5.75. The zero-order valence-electron chi connectivity index (χ0n) is 6.46. The molecular formula is C8H10IN2O-. The van der Waals surface area contributed by atoms with E-state index in [1.54, 1.807) is 18.2 Å². The fraction of sp³-hybridized carbons (Fsp3) is 0.250. The van der Waals surface area contributed by atoms with Crippen molar-refractivity contribution in [2.45, 2.75) is 4.11 Å². The maximum atomic E-state index is 5.70. The van der Waals surface area contributed by atoms with Crippen molar-refractivity contribution in [1.29, 1.82) is 0 Å². The normalized spacial score (nSPS) is 21.2. The average molecular weight is 277 g/mol. The van der Waals surface area contributed by atoms with Gasteiger partial charge in [-0.1, -0.05) is 0 Å². The zero-order valence-corrected chi connectivity index (χ0v) is 8.61. The summed E-state index contributed by atoms with van der Waals surface area (Å²) in [6.07, 6.45) is 0. The summed E-state index contributed by atoms with van der Waals surface area (Å²) < 4.78 is 7.30. The molecular weight excluding hydrogens is 267 g/mol. The number of hydrogen-bond donors (Lipinski definition) is 2. The molecule has 0 radical (unpaired) electrons. The molecule has 1 aliphatic rings. The molecule has 66 valence electrons. The summed E-state index contributed by atoms with van der Waals surface area (Å²) in [5.41, 5.74) is 12.7. The second-order valence-corrected chi connectivity index (χ2v) is 5.78. The van der Waals surface area contributed by atoms with Crippen LogP contribution in [0.2, 0.25) is 0 Å². The van der Waals surface area contributed by atoms with Crippen molar-refractivity contribution < 1.29 is 25.9 Å². The molecule has 0 spiro atoms. The van der Waals surface area contributed by atoms with E-state index < -0.39 is 0 Å². The molecule has 4 N–H and O–H groups in total. The van der Waals surface area contributed by atoms with Crippen molar-refractivity contribution in [3.8, 4) is 5.75 Å². The quantitative estimate of drug-likeness (QED) is 0.362. The summed E-state index contributed by atoms with van der Waals surface area (Å²) in [6, 6.07) is 5.35. The molecule has 4 heteroatoms. The van der Waals surface area contributed by atoms with Crippen LogP contribution in [-0.4, -0.2) is 8.54 Å². The van der Waals surface area contributed by atoms with Gasteiger partial charge in [0.15, 0.2) is 0 Å². The molecule has 1 saturated heterocycles. The van der Waals surface area contributed by atoms with Crippen LogP contribution in [0.3, 0.4) is 0 Å². The van der Waals surface area contributed by atoms with Gasteiger partial charge in [-0.2, -0.15) is 0 Å². The van der Waals surface area contributed by atoms with Crippen LogP contribution in [0.15, 0.2) is 18.2 Å². The number of halogens is 1. The van der Waals surface area contributed by atoms with Gasteiger partial charge in [0.2, 0.25) is 0 Å². The van der Waals surface area contributed by atoms with Crippen LogP contribution in [0, 0.1) is 0 Å². The van der Waals surface area contributed by atoms with E-state index in [1.165, 1.54) is 4.43 Å². The average Bonchev–Trinajstić information content (AvgIpc) is 2.81. The van der Waals surface area contributed by atoms with E-state index in [0.29, 0.717) is 36.7 Å². The number of nitrogen functional groups attached to an aromatic ring is 2. The molecule has 0 amide bonds. The van der Waals surface area contributed by atoms with Gasteiger partial charge < -0.3 is 0 Å². The Morgan fingerprint density at radius 2 is 2.17 bits per heavy atom. The van der Waals surface area contributed by atoms with E-state index in [9.17, 15) is 0 Å². The third-order valence-electron chi connectivity index (χ3n) is 1.57. The van der Waals surface area contributed by atoms with Gasteiger partial charge in [0.1, 0.15) is 0 Å². The van der Waals surface area contributed by atoms with Gasteiger partial charge in [0.25, 0.3) is 0 Å². The minimum atomic E-state index is 0.307. The summed E-state index contributed by atoms with van der Waals surface area (Å²) in [6.45, 7) is 0. The Labute approximate surface area is 81.3 Å². The monoisotopic (exact) mass is 277 g/mol. The molecule has 1 fully saturated rings. The van der Waals surface area contributed by atoms with Crippen molar-refractivity contribution in [2.75, 3.05) is 15.9 Å². The van der Waals surface area contributed by atoms with E-state index in [1.807, 2.05) is 0 Å². The van der Waals surface area contributed by atoms with Crippen molar-refractivity contribution in [3.05, 3.63) is 18.2 Å². The Balaban J connectivity index is 2.21. The summed E-state index contributed by atoms with van der Waals surface area (Å²) in [5.74, 6) is 0.747. The van der Waals surface area contributed by atoms with Gasteiger partial charge in [0, 0.05) is 0 Å². The Morgan fingerprint density at radius 3 is 2.83 bits per heavy atom. The van der Waals surface area contributed by atoms with Crippen molar-refractivity contribution in [1.82, 2.24) is 0 Å². The van der Waals surface area contributed by atoms with E-state index in [2.05, 4.69) is 0 Å². The fourth-order valence-corrected chi connectivity index (χ4v) is 1.73. The standard InChI is InChI=1S/C8H10IN2O/c10-5-1-2-6(11)7(3-5)12-8-4-9-8/h1-3,8H,4,10-11H2/q-1. The van der Waals surface area contributed by atoms with Gasteiger partial charge in [0.05, 0.1) is 0 Å². The number of rotatable bonds is 2. The van der Waals surface area contributed by atoms with Crippen molar-refractivity contribution in [3.63, 3.8) is 0 Å². The maximum absolute atomic E-state index is 5.70. The van der Waals surface area contributed by atoms with Crippen LogP contribution >= 0.6 is 0 Å². The number of benzene rings is 1. The molecule has 0 bridgehead atoms. The third-order valence-corrected chi connectivity index (χ3v) is 3.43. The zero-order chi connectivity index (χ0) is 8.55. The molecule has 3 nitrogen and oxygen atoms in total. The van der Waals surface area contributed by atoms with Gasteiger partial charge in [-0.3, -0.25) is 0 Å². The SMILES string of the molecule is Nc1ccc(N)c(OC2C[I-]2)c1. The first kappa shape index (κ1) is 7.97. The molecule has 0 saturated carbocycles. The molecule has 1 atom stereocenters. The van der Waals surface area contributed by atoms with Crippen LogP contribution in [0.1, 0.15) is 0 Å². The first-order valence-electron chi connectivity index (χ1n) is 3.65. The predicted octanol–water partition coefficient (Wildman–Crippen LogP) is -2.34. The van der Waals surface area contributed by atoms with E-state index in [-0.39, 0.29) is 0 Å². The first-order valence-corrected chi connectivity index (χ1v) is 6.42. The molecule has 1 heterocycles. The number of alkyl halides is 2. The summed E-state index contributed by atoms with van der Waals surface area (Å²) in [4.78, 5) is 0. The Morgan fingerprint density at radius 1 is 1.42 bits per heavy atom. The second-order valence-electron chi connectivity index (χ2n) is 2.63. The molecule has 1 aromatic rings. The number of hydrogen-bond acceptors (Lipinski definition) is 3. The van der Waals surface area contributed by atoms with Crippen LogP contribution in [-0.2, 0) is 0 Å². The molecule has 1 aromatic carbocycles. The third kappa shape index (κ3) is 1.74. The Bertz CT molecular complexity index is 299. The summed E-state index contributed by atoms with van der Waals surface area (Å²) in [7, 11) is 0. The second kappa shape index (κ2) is 3.01. The van der Waals surface area contributed by atoms with E-state index >= 15 is 0 Å². The summed E-state index contributed by atoms with van der Waals surface area (Å²) in [5, 5.41) is 0. The number of anilines is 2. The van der Waals surface area contributed by atoms with Crippen LogP contribution in [0.5, 0.6) is 5.75 Å². The number of ether oxygens (including phenoxy) is 1. The predicted molar refractivity (Wildman–Crippen MR) is 44.5 cm³/mol. The van der Waals surface area contributed by atoms with Crippen LogP contribution in [0.25, 0.3) is 0 Å².